The minimum Gasteiger partial charge on any atom is -0.462 e. The van der Waals surface area contributed by atoms with E-state index in [1.165, 1.54) is 89.9 Å². The average molecular weight is 865 g/mol. The van der Waals surface area contributed by atoms with Crippen LogP contribution in [0.3, 0.4) is 0 Å². The van der Waals surface area contributed by atoms with E-state index >= 15 is 0 Å². The molecular formula is C56H96O6. The zero-order valence-electron chi connectivity index (χ0n) is 40.6. The molecule has 0 bridgehead atoms. The van der Waals surface area contributed by atoms with Crippen LogP contribution in [0.15, 0.2) is 72.9 Å². The topological polar surface area (TPSA) is 78.9 Å². The number of allylic oxidation sites excluding steroid dienone is 12. The number of carbonyl (C=O) groups excluding carboxylic acids is 3. The molecule has 0 saturated heterocycles. The van der Waals surface area contributed by atoms with E-state index in [0.29, 0.717) is 19.3 Å². The van der Waals surface area contributed by atoms with Gasteiger partial charge in [0.15, 0.2) is 6.10 Å². The first-order valence-electron chi connectivity index (χ1n) is 25.9. The van der Waals surface area contributed by atoms with Crippen molar-refractivity contribution in [3.8, 4) is 0 Å². The highest BCUT2D eigenvalue weighted by Gasteiger charge is 2.19. The second-order valence-corrected chi connectivity index (χ2v) is 17.0. The third-order valence-corrected chi connectivity index (χ3v) is 10.9. The first-order valence-corrected chi connectivity index (χ1v) is 25.9. The quantitative estimate of drug-likeness (QED) is 0.0262. The van der Waals surface area contributed by atoms with Gasteiger partial charge in [0.2, 0.25) is 0 Å². The summed E-state index contributed by atoms with van der Waals surface area (Å²) in [6, 6.07) is 0. The van der Waals surface area contributed by atoms with Gasteiger partial charge in [-0.25, -0.2) is 0 Å². The van der Waals surface area contributed by atoms with Crippen molar-refractivity contribution in [1.82, 2.24) is 0 Å². The van der Waals surface area contributed by atoms with E-state index < -0.39 is 6.10 Å². The van der Waals surface area contributed by atoms with Crippen LogP contribution in [0.1, 0.15) is 245 Å². The van der Waals surface area contributed by atoms with Crippen LogP contribution in [0.2, 0.25) is 0 Å². The van der Waals surface area contributed by atoms with Crippen LogP contribution in [0, 0.1) is 0 Å². The molecule has 0 aromatic rings. The maximum absolute atomic E-state index is 12.8. The van der Waals surface area contributed by atoms with Gasteiger partial charge in [-0.2, -0.15) is 0 Å². The highest BCUT2D eigenvalue weighted by Crippen LogP contribution is 2.14. The van der Waals surface area contributed by atoms with E-state index in [4.69, 9.17) is 14.2 Å². The SMILES string of the molecule is CC/C=C\C/C=C\C/C=C\CCCCCCCCC(=O)OCC(COC(=O)CCCCC/C=C\CCCCCCCCC)OC(=O)CCCCCCCCC/C=C\C/C=C\CC. The van der Waals surface area contributed by atoms with Crippen molar-refractivity contribution in [2.75, 3.05) is 13.2 Å². The van der Waals surface area contributed by atoms with Gasteiger partial charge in [-0.05, 0) is 103 Å². The van der Waals surface area contributed by atoms with Crippen molar-refractivity contribution in [3.05, 3.63) is 72.9 Å². The molecule has 0 saturated carbocycles. The van der Waals surface area contributed by atoms with E-state index in [9.17, 15) is 14.4 Å². The van der Waals surface area contributed by atoms with Gasteiger partial charge in [0.1, 0.15) is 13.2 Å². The Morgan fingerprint density at radius 1 is 0.339 bits per heavy atom. The molecule has 0 aliphatic heterocycles. The Morgan fingerprint density at radius 3 is 1.02 bits per heavy atom. The fraction of sp³-hybridized carbons (Fsp3) is 0.732. The summed E-state index contributed by atoms with van der Waals surface area (Å²) in [6.07, 6.45) is 63.1. The summed E-state index contributed by atoms with van der Waals surface area (Å²) < 4.78 is 16.8. The van der Waals surface area contributed by atoms with Gasteiger partial charge in [-0.3, -0.25) is 14.4 Å². The number of esters is 3. The minimum absolute atomic E-state index is 0.0904. The summed E-state index contributed by atoms with van der Waals surface area (Å²) >= 11 is 0. The van der Waals surface area contributed by atoms with Gasteiger partial charge in [-0.15, -0.1) is 0 Å². The Labute approximate surface area is 382 Å². The third-order valence-electron chi connectivity index (χ3n) is 10.9. The number of carbonyl (C=O) groups is 3. The molecule has 0 aliphatic rings. The summed E-state index contributed by atoms with van der Waals surface area (Å²) in [7, 11) is 0. The molecule has 62 heavy (non-hydrogen) atoms. The predicted octanol–water partition coefficient (Wildman–Crippen LogP) is 17.0. The van der Waals surface area contributed by atoms with Crippen LogP contribution >= 0.6 is 0 Å². The lowest BCUT2D eigenvalue weighted by atomic mass is 10.1. The average Bonchev–Trinajstić information content (AvgIpc) is 3.27. The van der Waals surface area contributed by atoms with Crippen LogP contribution in [0.5, 0.6) is 0 Å². The van der Waals surface area contributed by atoms with Gasteiger partial charge in [0.25, 0.3) is 0 Å². The molecular weight excluding hydrogens is 769 g/mol. The monoisotopic (exact) mass is 865 g/mol. The predicted molar refractivity (Wildman–Crippen MR) is 265 cm³/mol. The van der Waals surface area contributed by atoms with Crippen LogP contribution < -0.4 is 0 Å². The van der Waals surface area contributed by atoms with Crippen molar-refractivity contribution in [2.24, 2.45) is 0 Å². The molecule has 0 rings (SSSR count). The van der Waals surface area contributed by atoms with Crippen molar-refractivity contribution < 1.29 is 28.6 Å². The second-order valence-electron chi connectivity index (χ2n) is 17.0. The Balaban J connectivity index is 4.43. The molecule has 0 aliphatic carbocycles. The zero-order chi connectivity index (χ0) is 45.1. The van der Waals surface area contributed by atoms with Crippen LogP contribution in [-0.4, -0.2) is 37.2 Å². The van der Waals surface area contributed by atoms with Gasteiger partial charge in [0.05, 0.1) is 0 Å². The van der Waals surface area contributed by atoms with Gasteiger partial charge >= 0.3 is 17.9 Å². The fourth-order valence-corrected chi connectivity index (χ4v) is 7.08. The Bertz CT molecular complexity index is 1180. The minimum atomic E-state index is -0.790. The summed E-state index contributed by atoms with van der Waals surface area (Å²) in [5, 5.41) is 0. The molecule has 0 fully saturated rings. The molecule has 6 nitrogen and oxygen atoms in total. The molecule has 0 spiro atoms. The smallest absolute Gasteiger partial charge is 0.306 e. The molecule has 0 N–H and O–H groups in total. The molecule has 0 amide bonds. The normalized spacial score (nSPS) is 12.6. The highest BCUT2D eigenvalue weighted by molar-refractivity contribution is 5.71. The molecule has 0 aromatic carbocycles. The largest absolute Gasteiger partial charge is 0.462 e. The van der Waals surface area contributed by atoms with Crippen molar-refractivity contribution in [3.63, 3.8) is 0 Å². The lowest BCUT2D eigenvalue weighted by Gasteiger charge is -2.18. The molecule has 0 aromatic heterocycles. The van der Waals surface area contributed by atoms with E-state index in [1.54, 1.807) is 0 Å². The highest BCUT2D eigenvalue weighted by atomic mass is 16.6. The number of rotatable bonds is 46. The summed E-state index contributed by atoms with van der Waals surface area (Å²) in [5.74, 6) is -0.925. The van der Waals surface area contributed by atoms with Crippen molar-refractivity contribution >= 4 is 17.9 Å². The molecule has 6 heteroatoms. The number of ether oxygens (including phenoxy) is 3. The lowest BCUT2D eigenvalue weighted by molar-refractivity contribution is -0.167. The Hall–Kier alpha value is -3.15. The zero-order valence-corrected chi connectivity index (χ0v) is 40.6. The van der Waals surface area contributed by atoms with E-state index in [2.05, 4.69) is 93.7 Å². The van der Waals surface area contributed by atoms with E-state index in [1.807, 2.05) is 0 Å². The van der Waals surface area contributed by atoms with Gasteiger partial charge < -0.3 is 14.2 Å². The lowest BCUT2D eigenvalue weighted by Crippen LogP contribution is -2.30. The molecule has 356 valence electrons. The van der Waals surface area contributed by atoms with Gasteiger partial charge in [0, 0.05) is 19.3 Å². The van der Waals surface area contributed by atoms with E-state index in [-0.39, 0.29) is 31.1 Å². The molecule has 0 radical (unpaired) electrons. The summed E-state index contributed by atoms with van der Waals surface area (Å²) in [4.78, 5) is 38.0. The van der Waals surface area contributed by atoms with Gasteiger partial charge in [-0.1, -0.05) is 196 Å². The van der Waals surface area contributed by atoms with Crippen molar-refractivity contribution in [2.45, 2.75) is 252 Å². The third kappa shape index (κ3) is 47.9. The maximum Gasteiger partial charge on any atom is 0.306 e. The fourth-order valence-electron chi connectivity index (χ4n) is 7.08. The van der Waals surface area contributed by atoms with E-state index in [0.717, 1.165) is 116 Å². The Kier molecular flexibility index (Phi) is 47.9. The maximum atomic E-state index is 12.8. The number of hydrogen-bond acceptors (Lipinski definition) is 6. The first kappa shape index (κ1) is 58.9. The van der Waals surface area contributed by atoms with Crippen LogP contribution in [-0.2, 0) is 28.6 Å². The number of hydrogen-bond donors (Lipinski definition) is 0. The molecule has 0 heterocycles. The summed E-state index contributed by atoms with van der Waals surface area (Å²) in [5.41, 5.74) is 0. The van der Waals surface area contributed by atoms with Crippen LogP contribution in [0.4, 0.5) is 0 Å². The van der Waals surface area contributed by atoms with Crippen molar-refractivity contribution in [1.29, 1.82) is 0 Å². The second kappa shape index (κ2) is 50.5. The molecule has 1 unspecified atom stereocenters. The number of unbranched alkanes of at least 4 members (excludes halogenated alkanes) is 23. The molecule has 1 atom stereocenters. The first-order chi connectivity index (χ1) is 30.5. The standard InChI is InChI=1S/C56H96O6/c1-4-7-10-13-16-19-22-25-28-29-32-34-37-40-43-46-49-55(58)61-52-53(62-56(59)50-47-44-41-38-35-31-27-24-21-18-15-12-9-6-3)51-60-54(57)48-45-42-39-36-33-30-26-23-20-17-14-11-8-5-2/h7,9-10,12,16,18-19,21,25,28,30,33,53H,4-6,8,11,13-15,17,20,22-24,26-27,29,31-32,34-52H2,1-3H3/b10-7-,12-9-,19-16-,21-18-,28-25-,33-30-. The van der Waals surface area contributed by atoms with Crippen LogP contribution in [0.25, 0.3) is 0 Å². The summed E-state index contributed by atoms with van der Waals surface area (Å²) in [6.45, 7) is 6.39. The Morgan fingerprint density at radius 2 is 0.629 bits per heavy atom.